The van der Waals surface area contributed by atoms with Gasteiger partial charge in [-0.25, -0.2) is 0 Å². The van der Waals surface area contributed by atoms with Crippen LogP contribution in [0.1, 0.15) is 24.0 Å². The molecule has 0 spiro atoms. The molecule has 0 amide bonds. The lowest BCUT2D eigenvalue weighted by atomic mass is 9.95. The van der Waals surface area contributed by atoms with E-state index in [0.717, 1.165) is 12.1 Å². The first-order chi connectivity index (χ1) is 9.59. The van der Waals surface area contributed by atoms with Gasteiger partial charge < -0.3 is 4.90 Å². The van der Waals surface area contributed by atoms with Crippen molar-refractivity contribution in [3.63, 3.8) is 0 Å². The van der Waals surface area contributed by atoms with Gasteiger partial charge in [0.05, 0.1) is 11.5 Å². The van der Waals surface area contributed by atoms with Gasteiger partial charge in [0.2, 0.25) is 0 Å². The molecule has 21 heavy (non-hydrogen) atoms. The molecule has 0 unspecified atom stereocenters. The zero-order valence-electron chi connectivity index (χ0n) is 11.4. The average molecular weight is 311 g/mol. The van der Waals surface area contributed by atoms with Crippen LogP contribution < -0.4 is 4.90 Å². The van der Waals surface area contributed by atoms with Gasteiger partial charge in [-0.3, -0.25) is 0 Å². The van der Waals surface area contributed by atoms with Gasteiger partial charge in [0.15, 0.2) is 0 Å². The number of aryl methyl sites for hydroxylation is 1. The zero-order valence-corrected chi connectivity index (χ0v) is 11.4. The van der Waals surface area contributed by atoms with Crippen molar-refractivity contribution in [3.05, 3.63) is 29.3 Å². The summed E-state index contributed by atoms with van der Waals surface area (Å²) in [4.78, 5) is 1.72. The topological polar surface area (TPSA) is 3.24 Å². The molecule has 1 aliphatic heterocycles. The molecular formula is C14H15F6N. The number of alkyl halides is 6. The second-order valence-electron chi connectivity index (χ2n) is 5.30. The predicted molar refractivity (Wildman–Crippen MR) is 67.2 cm³/mol. The van der Waals surface area contributed by atoms with Crippen molar-refractivity contribution < 1.29 is 26.3 Å². The second kappa shape index (κ2) is 5.42. The molecule has 0 N–H and O–H groups in total. The quantitative estimate of drug-likeness (QED) is 0.674. The third-order valence-electron chi connectivity index (χ3n) is 3.82. The fraction of sp³-hybridized carbons (Fsp3) is 0.571. The Morgan fingerprint density at radius 2 is 1.57 bits per heavy atom. The molecule has 1 fully saturated rings. The minimum atomic E-state index is -4.41. The highest BCUT2D eigenvalue weighted by molar-refractivity contribution is 5.55. The van der Waals surface area contributed by atoms with E-state index < -0.39 is 23.8 Å². The van der Waals surface area contributed by atoms with E-state index >= 15 is 0 Å². The number of halogens is 6. The summed E-state index contributed by atoms with van der Waals surface area (Å²) in [6, 6.07) is 3.34. The van der Waals surface area contributed by atoms with Gasteiger partial charge in [-0.2, -0.15) is 26.3 Å². The van der Waals surface area contributed by atoms with Crippen LogP contribution in [-0.4, -0.2) is 19.3 Å². The van der Waals surface area contributed by atoms with E-state index in [1.165, 1.54) is 6.07 Å². The van der Waals surface area contributed by atoms with E-state index in [4.69, 9.17) is 0 Å². The molecule has 2 rings (SSSR count). The van der Waals surface area contributed by atoms with Gasteiger partial charge in [0.1, 0.15) is 0 Å². The Balaban J connectivity index is 2.11. The lowest BCUT2D eigenvalue weighted by Crippen LogP contribution is -2.39. The molecule has 1 nitrogen and oxygen atoms in total. The van der Waals surface area contributed by atoms with Crippen molar-refractivity contribution in [1.29, 1.82) is 0 Å². The molecule has 0 atom stereocenters. The first-order valence-corrected chi connectivity index (χ1v) is 6.58. The normalized spacial score (nSPS) is 18.1. The van der Waals surface area contributed by atoms with Gasteiger partial charge in [-0.05, 0) is 43.5 Å². The van der Waals surface area contributed by atoms with Crippen LogP contribution in [0.2, 0.25) is 0 Å². The maximum Gasteiger partial charge on any atom is 0.416 e. The van der Waals surface area contributed by atoms with Crippen molar-refractivity contribution in [2.75, 3.05) is 18.0 Å². The van der Waals surface area contributed by atoms with E-state index in [-0.39, 0.29) is 25.9 Å². The molecular weight excluding hydrogens is 296 g/mol. The number of anilines is 1. The van der Waals surface area contributed by atoms with Gasteiger partial charge in [0, 0.05) is 18.8 Å². The van der Waals surface area contributed by atoms with Crippen LogP contribution >= 0.6 is 0 Å². The fourth-order valence-electron chi connectivity index (χ4n) is 2.63. The van der Waals surface area contributed by atoms with Crippen LogP contribution in [0.15, 0.2) is 18.2 Å². The maximum absolute atomic E-state index is 12.6. The van der Waals surface area contributed by atoms with Crippen molar-refractivity contribution in [2.24, 2.45) is 5.92 Å². The van der Waals surface area contributed by atoms with Crippen molar-refractivity contribution in [1.82, 2.24) is 0 Å². The largest absolute Gasteiger partial charge is 0.416 e. The Labute approximate surface area is 118 Å². The molecule has 1 aromatic carbocycles. The number of hydrogen-bond acceptors (Lipinski definition) is 1. The van der Waals surface area contributed by atoms with Crippen LogP contribution in [0.4, 0.5) is 32.0 Å². The summed E-state index contributed by atoms with van der Waals surface area (Å²) < 4.78 is 75.5. The molecule has 1 heterocycles. The number of piperidine rings is 1. The van der Waals surface area contributed by atoms with E-state index in [0.29, 0.717) is 11.3 Å². The molecule has 0 radical (unpaired) electrons. The summed E-state index contributed by atoms with van der Waals surface area (Å²) in [5, 5.41) is 0. The van der Waals surface area contributed by atoms with Crippen LogP contribution in [0.25, 0.3) is 0 Å². The monoisotopic (exact) mass is 311 g/mol. The Morgan fingerprint density at radius 1 is 1.00 bits per heavy atom. The third-order valence-corrected chi connectivity index (χ3v) is 3.82. The van der Waals surface area contributed by atoms with Crippen molar-refractivity contribution >= 4 is 5.69 Å². The standard InChI is InChI=1S/C14H15F6N/c1-9-8-11(14(18,19)20)2-3-12(9)21-6-4-10(5-7-21)13(15,16)17/h2-3,8,10H,4-7H2,1H3. The Kier molecular flexibility index (Phi) is 4.13. The molecule has 0 aromatic heterocycles. The summed E-state index contributed by atoms with van der Waals surface area (Å²) in [7, 11) is 0. The second-order valence-corrected chi connectivity index (χ2v) is 5.30. The fourth-order valence-corrected chi connectivity index (χ4v) is 2.63. The highest BCUT2D eigenvalue weighted by Crippen LogP contribution is 2.37. The summed E-state index contributed by atoms with van der Waals surface area (Å²) in [5.41, 5.74) is 0.257. The lowest BCUT2D eigenvalue weighted by molar-refractivity contribution is -0.179. The molecule has 0 bridgehead atoms. The molecule has 7 heteroatoms. The first-order valence-electron chi connectivity index (χ1n) is 6.58. The minimum Gasteiger partial charge on any atom is -0.371 e. The van der Waals surface area contributed by atoms with E-state index in [9.17, 15) is 26.3 Å². The van der Waals surface area contributed by atoms with E-state index in [1.54, 1.807) is 11.8 Å². The highest BCUT2D eigenvalue weighted by Gasteiger charge is 2.41. The summed E-state index contributed by atoms with van der Waals surface area (Å²) in [5.74, 6) is -1.32. The highest BCUT2D eigenvalue weighted by atomic mass is 19.4. The summed E-state index contributed by atoms with van der Waals surface area (Å²) in [6.45, 7) is 1.95. The molecule has 1 saturated heterocycles. The van der Waals surface area contributed by atoms with Crippen LogP contribution in [0.5, 0.6) is 0 Å². The zero-order chi connectivity index (χ0) is 15.8. The van der Waals surface area contributed by atoms with Gasteiger partial charge in [0.25, 0.3) is 0 Å². The van der Waals surface area contributed by atoms with E-state index in [1.807, 2.05) is 0 Å². The lowest BCUT2D eigenvalue weighted by Gasteiger charge is -2.35. The Bertz CT molecular complexity index is 497. The first kappa shape index (κ1) is 16.0. The van der Waals surface area contributed by atoms with E-state index in [2.05, 4.69) is 0 Å². The predicted octanol–water partition coefficient (Wildman–Crippen LogP) is 4.79. The number of hydrogen-bond donors (Lipinski definition) is 0. The average Bonchev–Trinajstić information content (AvgIpc) is 2.36. The SMILES string of the molecule is Cc1cc(C(F)(F)F)ccc1N1CCC(C(F)(F)F)CC1. The Hall–Kier alpha value is -1.40. The van der Waals surface area contributed by atoms with Crippen molar-refractivity contribution in [2.45, 2.75) is 32.1 Å². The Morgan fingerprint density at radius 3 is 2.00 bits per heavy atom. The van der Waals surface area contributed by atoms with Crippen LogP contribution in [-0.2, 0) is 6.18 Å². The third kappa shape index (κ3) is 3.63. The number of nitrogens with zero attached hydrogens (tertiary/aromatic N) is 1. The van der Waals surface area contributed by atoms with Gasteiger partial charge >= 0.3 is 12.4 Å². The maximum atomic E-state index is 12.6. The molecule has 1 aromatic rings. The van der Waals surface area contributed by atoms with Crippen molar-refractivity contribution in [3.8, 4) is 0 Å². The molecule has 1 aliphatic rings. The summed E-state index contributed by atoms with van der Waals surface area (Å²) >= 11 is 0. The van der Waals surface area contributed by atoms with Crippen LogP contribution in [0.3, 0.4) is 0 Å². The summed E-state index contributed by atoms with van der Waals surface area (Å²) in [6.07, 6.45) is -8.65. The minimum absolute atomic E-state index is 0.0238. The number of rotatable bonds is 1. The molecule has 0 saturated carbocycles. The van der Waals surface area contributed by atoms with Gasteiger partial charge in [-0.1, -0.05) is 0 Å². The molecule has 118 valence electrons. The van der Waals surface area contributed by atoms with Gasteiger partial charge in [-0.15, -0.1) is 0 Å². The molecule has 0 aliphatic carbocycles. The smallest absolute Gasteiger partial charge is 0.371 e. The van der Waals surface area contributed by atoms with Crippen LogP contribution in [0, 0.1) is 12.8 Å². The number of benzene rings is 1.